The number of rotatable bonds is 5. The summed E-state index contributed by atoms with van der Waals surface area (Å²) < 4.78 is 24.9. The van der Waals surface area contributed by atoms with Crippen LogP contribution in [-0.2, 0) is 9.84 Å². The van der Waals surface area contributed by atoms with Crippen LogP contribution in [0.3, 0.4) is 0 Å². The van der Waals surface area contributed by atoms with Gasteiger partial charge >= 0.3 is 0 Å². The molecule has 0 bridgehead atoms. The van der Waals surface area contributed by atoms with Gasteiger partial charge in [-0.05, 0) is 51.3 Å². The summed E-state index contributed by atoms with van der Waals surface area (Å²) in [5.74, 6) is 0.353. The summed E-state index contributed by atoms with van der Waals surface area (Å²) in [4.78, 5) is 2.47. The first kappa shape index (κ1) is 16.0. The van der Waals surface area contributed by atoms with E-state index >= 15 is 0 Å². The average molecular weight is 316 g/mol. The Morgan fingerprint density at radius 1 is 1.40 bits per heavy atom. The molecule has 0 radical (unpaired) electrons. The molecule has 1 aliphatic rings. The SMILES string of the molecule is CCCNC(c1sc(C)cc1C)C1CCCCS1(=O)=O. The summed E-state index contributed by atoms with van der Waals surface area (Å²) in [6, 6.07) is 2.13. The molecule has 0 spiro atoms. The van der Waals surface area contributed by atoms with Gasteiger partial charge in [0, 0.05) is 9.75 Å². The fraction of sp³-hybridized carbons (Fsp3) is 0.733. The number of aryl methyl sites for hydroxylation is 2. The van der Waals surface area contributed by atoms with Gasteiger partial charge in [-0.25, -0.2) is 8.42 Å². The Balaban J connectivity index is 2.34. The minimum Gasteiger partial charge on any atom is -0.308 e. The van der Waals surface area contributed by atoms with Gasteiger partial charge in [0.15, 0.2) is 9.84 Å². The highest BCUT2D eigenvalue weighted by Gasteiger charge is 2.37. The molecule has 1 saturated heterocycles. The molecule has 1 aromatic rings. The first-order valence-electron chi connectivity index (χ1n) is 7.47. The van der Waals surface area contributed by atoms with Crippen LogP contribution in [0, 0.1) is 13.8 Å². The van der Waals surface area contributed by atoms with E-state index < -0.39 is 9.84 Å². The van der Waals surface area contributed by atoms with Crippen LogP contribution < -0.4 is 5.32 Å². The molecule has 114 valence electrons. The van der Waals surface area contributed by atoms with Gasteiger partial charge in [0.2, 0.25) is 0 Å². The summed E-state index contributed by atoms with van der Waals surface area (Å²) in [6.45, 7) is 7.17. The summed E-state index contributed by atoms with van der Waals surface area (Å²) in [5.41, 5.74) is 1.22. The Hall–Kier alpha value is -0.390. The number of hydrogen-bond donors (Lipinski definition) is 1. The van der Waals surface area contributed by atoms with Crippen LogP contribution in [-0.4, -0.2) is 26.0 Å². The van der Waals surface area contributed by atoms with Crippen molar-refractivity contribution in [2.24, 2.45) is 0 Å². The smallest absolute Gasteiger partial charge is 0.155 e. The highest BCUT2D eigenvalue weighted by molar-refractivity contribution is 7.92. The summed E-state index contributed by atoms with van der Waals surface area (Å²) in [7, 11) is -2.96. The second-order valence-corrected chi connectivity index (χ2v) is 9.36. The fourth-order valence-corrected chi connectivity index (χ4v) is 6.36. The van der Waals surface area contributed by atoms with E-state index in [1.54, 1.807) is 11.3 Å². The predicted octanol–water partition coefficient (Wildman–Crippen LogP) is 3.37. The van der Waals surface area contributed by atoms with Crippen LogP contribution in [0.4, 0.5) is 0 Å². The fourth-order valence-electron chi connectivity index (χ4n) is 3.01. The van der Waals surface area contributed by atoms with Gasteiger partial charge in [0.1, 0.15) is 0 Å². The molecule has 2 atom stereocenters. The third kappa shape index (κ3) is 3.43. The third-order valence-corrected chi connectivity index (χ3v) is 7.50. The molecule has 2 heterocycles. The van der Waals surface area contributed by atoms with Gasteiger partial charge in [0.25, 0.3) is 0 Å². The molecule has 0 amide bonds. The Morgan fingerprint density at radius 3 is 2.70 bits per heavy atom. The molecule has 20 heavy (non-hydrogen) atoms. The van der Waals surface area contributed by atoms with Crippen LogP contribution in [0.15, 0.2) is 6.07 Å². The van der Waals surface area contributed by atoms with E-state index in [2.05, 4.69) is 32.2 Å². The van der Waals surface area contributed by atoms with Gasteiger partial charge in [-0.2, -0.15) is 0 Å². The normalized spacial score (nSPS) is 23.6. The minimum absolute atomic E-state index is 0.0288. The zero-order valence-electron chi connectivity index (χ0n) is 12.6. The summed E-state index contributed by atoms with van der Waals surface area (Å²) >= 11 is 1.74. The maximum absolute atomic E-state index is 12.4. The van der Waals surface area contributed by atoms with Crippen LogP contribution in [0.5, 0.6) is 0 Å². The van der Waals surface area contributed by atoms with Crippen molar-refractivity contribution in [3.8, 4) is 0 Å². The van der Waals surface area contributed by atoms with Crippen LogP contribution in [0.25, 0.3) is 0 Å². The average Bonchev–Trinajstić information content (AvgIpc) is 2.70. The lowest BCUT2D eigenvalue weighted by molar-refractivity contribution is 0.450. The zero-order chi connectivity index (χ0) is 14.8. The van der Waals surface area contributed by atoms with Crippen molar-refractivity contribution in [2.45, 2.75) is 57.7 Å². The van der Waals surface area contributed by atoms with Crippen molar-refractivity contribution in [3.63, 3.8) is 0 Å². The van der Waals surface area contributed by atoms with Gasteiger partial charge in [-0.1, -0.05) is 13.3 Å². The second kappa shape index (κ2) is 6.58. The second-order valence-electron chi connectivity index (χ2n) is 5.74. The van der Waals surface area contributed by atoms with Crippen LogP contribution in [0.2, 0.25) is 0 Å². The monoisotopic (exact) mass is 315 g/mol. The van der Waals surface area contributed by atoms with Crippen molar-refractivity contribution in [2.75, 3.05) is 12.3 Å². The molecule has 3 nitrogen and oxygen atoms in total. The van der Waals surface area contributed by atoms with Crippen LogP contribution in [0.1, 0.15) is 54.0 Å². The summed E-state index contributed by atoms with van der Waals surface area (Å²) in [6.07, 6.45) is 3.66. The van der Waals surface area contributed by atoms with E-state index in [-0.39, 0.29) is 11.3 Å². The summed E-state index contributed by atoms with van der Waals surface area (Å²) in [5, 5.41) is 3.25. The lowest BCUT2D eigenvalue weighted by Crippen LogP contribution is -2.40. The van der Waals surface area contributed by atoms with E-state index in [0.29, 0.717) is 5.75 Å². The largest absolute Gasteiger partial charge is 0.308 e. The van der Waals surface area contributed by atoms with E-state index in [9.17, 15) is 8.42 Å². The molecule has 5 heteroatoms. The number of thiophene rings is 1. The molecule has 1 aromatic heterocycles. The molecule has 0 aliphatic carbocycles. The van der Waals surface area contributed by atoms with Gasteiger partial charge < -0.3 is 5.32 Å². The topological polar surface area (TPSA) is 46.2 Å². The Kier molecular flexibility index (Phi) is 5.26. The molecule has 2 rings (SSSR count). The molecule has 1 N–H and O–H groups in total. The van der Waals surface area contributed by atoms with E-state index in [4.69, 9.17) is 0 Å². The highest BCUT2D eigenvalue weighted by atomic mass is 32.2. The molecule has 1 fully saturated rings. The molecule has 0 saturated carbocycles. The maximum Gasteiger partial charge on any atom is 0.155 e. The molecule has 0 aromatic carbocycles. The molecule has 1 aliphatic heterocycles. The van der Waals surface area contributed by atoms with Crippen molar-refractivity contribution in [1.29, 1.82) is 0 Å². The number of nitrogens with one attached hydrogen (secondary N) is 1. The first-order chi connectivity index (χ1) is 9.45. The Bertz CT molecular complexity index is 548. The Morgan fingerprint density at radius 2 is 2.15 bits per heavy atom. The molecular formula is C15H25NO2S2. The van der Waals surface area contributed by atoms with E-state index in [1.807, 2.05) is 0 Å². The first-order valence-corrected chi connectivity index (χ1v) is 10.0. The van der Waals surface area contributed by atoms with Gasteiger partial charge in [0.05, 0.1) is 17.0 Å². The zero-order valence-corrected chi connectivity index (χ0v) is 14.2. The van der Waals surface area contributed by atoms with Crippen molar-refractivity contribution >= 4 is 21.2 Å². The van der Waals surface area contributed by atoms with E-state index in [0.717, 1.165) is 32.2 Å². The predicted molar refractivity (Wildman–Crippen MR) is 86.3 cm³/mol. The van der Waals surface area contributed by atoms with E-state index in [1.165, 1.54) is 15.3 Å². The lowest BCUT2D eigenvalue weighted by atomic mass is 10.0. The molecular weight excluding hydrogens is 290 g/mol. The van der Waals surface area contributed by atoms with Crippen LogP contribution >= 0.6 is 11.3 Å². The van der Waals surface area contributed by atoms with Gasteiger partial charge in [-0.15, -0.1) is 11.3 Å². The van der Waals surface area contributed by atoms with Crippen molar-refractivity contribution in [1.82, 2.24) is 5.32 Å². The minimum atomic E-state index is -2.96. The lowest BCUT2D eigenvalue weighted by Gasteiger charge is -2.31. The van der Waals surface area contributed by atoms with Crippen molar-refractivity contribution < 1.29 is 8.42 Å². The van der Waals surface area contributed by atoms with Crippen molar-refractivity contribution in [3.05, 3.63) is 21.4 Å². The number of sulfone groups is 1. The standard InChI is InChI=1S/C15H25NO2S2/c1-4-8-16-14(15-11(2)10-12(3)19-15)13-7-5-6-9-20(13,17)18/h10,13-14,16H,4-9H2,1-3H3. The maximum atomic E-state index is 12.4. The number of hydrogen-bond acceptors (Lipinski definition) is 4. The third-order valence-electron chi connectivity index (χ3n) is 3.98. The highest BCUT2D eigenvalue weighted by Crippen LogP contribution is 2.36. The Labute approximate surface area is 126 Å². The van der Waals surface area contributed by atoms with Gasteiger partial charge in [-0.3, -0.25) is 0 Å². The molecule has 2 unspecified atom stereocenters. The quantitative estimate of drug-likeness (QED) is 0.906.